The molecule has 392 valence electrons. The molecule has 0 radical (unpaired) electrons. The number of hydrogen-bond acceptors (Lipinski definition) is 5. The monoisotopic (exact) mass is 932 g/mol. The summed E-state index contributed by atoms with van der Waals surface area (Å²) >= 11 is 0. The number of nitrogens with zero attached hydrogens (tertiary/aromatic N) is 1. The smallest absolute Gasteiger partial charge is 0.305 e. The van der Waals surface area contributed by atoms with Crippen LogP contribution in [0.15, 0.2) is 0 Å². The Morgan fingerprint density at radius 3 is 0.970 bits per heavy atom. The summed E-state index contributed by atoms with van der Waals surface area (Å²) in [4.78, 5) is 42.1. The molecular weight excluding hydrogens is 815 g/mol. The highest BCUT2D eigenvalue weighted by Gasteiger charge is 2.23. The van der Waals surface area contributed by atoms with E-state index in [1.54, 1.807) is 0 Å². The first-order valence-corrected chi connectivity index (χ1v) is 30.0. The number of amides is 1. The number of rotatable bonds is 53. The van der Waals surface area contributed by atoms with Crippen LogP contribution in [0.4, 0.5) is 0 Å². The van der Waals surface area contributed by atoms with Gasteiger partial charge in [0.1, 0.15) is 0 Å². The number of carbonyl (C=O) groups excluding carboxylic acids is 3. The topological polar surface area (TPSA) is 72.9 Å². The van der Waals surface area contributed by atoms with E-state index in [0.717, 1.165) is 77.2 Å². The zero-order valence-corrected chi connectivity index (χ0v) is 45.7. The van der Waals surface area contributed by atoms with Crippen molar-refractivity contribution in [3.63, 3.8) is 0 Å². The maximum Gasteiger partial charge on any atom is 0.305 e. The molecule has 0 bridgehead atoms. The molecule has 0 N–H and O–H groups in total. The highest BCUT2D eigenvalue weighted by Crippen LogP contribution is 2.24. The van der Waals surface area contributed by atoms with Crippen molar-refractivity contribution in [2.45, 2.75) is 337 Å². The number of ether oxygens (including phenoxy) is 2. The number of unbranched alkanes of at least 4 members (excludes halogenated alkanes) is 28. The van der Waals surface area contributed by atoms with Crippen LogP contribution >= 0.6 is 0 Å². The van der Waals surface area contributed by atoms with Crippen LogP contribution in [0.3, 0.4) is 0 Å². The third-order valence-corrected chi connectivity index (χ3v) is 14.4. The van der Waals surface area contributed by atoms with Crippen LogP contribution in [0.2, 0.25) is 0 Å². The molecule has 0 saturated heterocycles. The normalized spacial score (nSPS) is 12.9. The minimum Gasteiger partial charge on any atom is -0.465 e. The predicted octanol–water partition coefficient (Wildman–Crippen LogP) is 19.2. The van der Waals surface area contributed by atoms with Crippen molar-refractivity contribution in [2.24, 2.45) is 11.8 Å². The average Bonchev–Trinajstić information content (AvgIpc) is 3.32. The highest BCUT2D eigenvalue weighted by molar-refractivity contribution is 5.76. The van der Waals surface area contributed by atoms with Crippen molar-refractivity contribution < 1.29 is 23.9 Å². The second-order valence-corrected chi connectivity index (χ2v) is 20.9. The van der Waals surface area contributed by atoms with Gasteiger partial charge in [-0.05, 0) is 76.0 Å². The van der Waals surface area contributed by atoms with Gasteiger partial charge in [0.2, 0.25) is 5.91 Å². The molecule has 0 aromatic carbocycles. The average molecular weight is 933 g/mol. The van der Waals surface area contributed by atoms with Gasteiger partial charge in [-0.25, -0.2) is 0 Å². The van der Waals surface area contributed by atoms with Gasteiger partial charge in [0.25, 0.3) is 0 Å². The molecule has 66 heavy (non-hydrogen) atoms. The summed E-state index contributed by atoms with van der Waals surface area (Å²) in [6.45, 7) is 15.6. The van der Waals surface area contributed by atoms with E-state index in [4.69, 9.17) is 9.47 Å². The predicted molar refractivity (Wildman–Crippen MR) is 286 cm³/mol. The van der Waals surface area contributed by atoms with E-state index >= 15 is 0 Å². The van der Waals surface area contributed by atoms with Crippen LogP contribution in [0, 0.1) is 11.8 Å². The summed E-state index contributed by atoms with van der Waals surface area (Å²) in [5, 5.41) is 0. The van der Waals surface area contributed by atoms with Crippen LogP contribution in [-0.2, 0) is 23.9 Å². The Morgan fingerprint density at radius 2 is 0.606 bits per heavy atom. The maximum atomic E-state index is 13.8. The lowest BCUT2D eigenvalue weighted by atomic mass is 9.95. The molecule has 6 heteroatoms. The lowest BCUT2D eigenvalue weighted by Crippen LogP contribution is -2.41. The van der Waals surface area contributed by atoms with Crippen molar-refractivity contribution >= 4 is 17.8 Å². The fourth-order valence-electron chi connectivity index (χ4n) is 9.84. The van der Waals surface area contributed by atoms with Gasteiger partial charge in [-0.2, -0.15) is 0 Å². The third-order valence-electron chi connectivity index (χ3n) is 14.4. The molecule has 0 saturated carbocycles. The lowest BCUT2D eigenvalue weighted by molar-refractivity contribution is -0.146. The van der Waals surface area contributed by atoms with Crippen LogP contribution in [0.5, 0.6) is 0 Å². The van der Waals surface area contributed by atoms with Crippen LogP contribution < -0.4 is 0 Å². The van der Waals surface area contributed by atoms with Gasteiger partial charge in [-0.1, -0.05) is 247 Å². The van der Waals surface area contributed by atoms with Crippen LogP contribution in [-0.4, -0.2) is 48.5 Å². The first kappa shape index (κ1) is 64.4. The summed E-state index contributed by atoms with van der Waals surface area (Å²) in [7, 11) is 0. The van der Waals surface area contributed by atoms with Gasteiger partial charge in [-0.15, -0.1) is 0 Å². The second kappa shape index (κ2) is 51.3. The van der Waals surface area contributed by atoms with Crippen LogP contribution in [0.1, 0.15) is 330 Å². The molecule has 0 aliphatic carbocycles. The minimum absolute atomic E-state index is 0.0297. The number of carbonyl (C=O) groups is 3. The molecule has 0 aliphatic heterocycles. The summed E-state index contributed by atoms with van der Waals surface area (Å²) in [6.07, 6.45) is 52.0. The van der Waals surface area contributed by atoms with Crippen molar-refractivity contribution in [3.05, 3.63) is 0 Å². The molecule has 1 amide bonds. The molecular formula is C60H117NO5. The van der Waals surface area contributed by atoms with E-state index in [2.05, 4.69) is 46.4 Å². The summed E-state index contributed by atoms with van der Waals surface area (Å²) in [5.41, 5.74) is 0. The molecule has 0 spiro atoms. The minimum atomic E-state index is -0.0297. The fraction of sp³-hybridized carbons (Fsp3) is 0.950. The van der Waals surface area contributed by atoms with E-state index in [-0.39, 0.29) is 18.0 Å². The Labute approximate surface area is 413 Å². The SMILES string of the molecule is CCCCCCCCCCN(C(=O)CCCC)C(CCCCCC(=O)OCC(CCCCCC)CCCCCCCC)CCCCCC(=O)OCC(CCCCCC)CCCCCCCC. The molecule has 0 aromatic heterocycles. The van der Waals surface area contributed by atoms with Crippen molar-refractivity contribution in [2.75, 3.05) is 19.8 Å². The van der Waals surface area contributed by atoms with Crippen molar-refractivity contribution in [3.8, 4) is 0 Å². The first-order chi connectivity index (χ1) is 32.4. The zero-order chi connectivity index (χ0) is 48.4. The summed E-state index contributed by atoms with van der Waals surface area (Å²) in [5.74, 6) is 1.26. The van der Waals surface area contributed by atoms with E-state index in [1.807, 2.05) is 0 Å². The second-order valence-electron chi connectivity index (χ2n) is 20.9. The fourth-order valence-corrected chi connectivity index (χ4v) is 9.84. The van der Waals surface area contributed by atoms with Gasteiger partial charge < -0.3 is 14.4 Å². The maximum absolute atomic E-state index is 13.8. The number of esters is 2. The number of hydrogen-bond donors (Lipinski definition) is 0. The first-order valence-electron chi connectivity index (χ1n) is 30.0. The van der Waals surface area contributed by atoms with Crippen molar-refractivity contribution in [1.82, 2.24) is 4.90 Å². The van der Waals surface area contributed by atoms with Gasteiger partial charge in [-0.3, -0.25) is 14.4 Å². The van der Waals surface area contributed by atoms with Crippen molar-refractivity contribution in [1.29, 1.82) is 0 Å². The Hall–Kier alpha value is -1.59. The van der Waals surface area contributed by atoms with Gasteiger partial charge in [0, 0.05) is 31.8 Å². The molecule has 2 atom stereocenters. The Balaban J connectivity index is 5.28. The molecule has 0 aromatic rings. The van der Waals surface area contributed by atoms with Gasteiger partial charge in [0.15, 0.2) is 0 Å². The molecule has 0 heterocycles. The lowest BCUT2D eigenvalue weighted by Gasteiger charge is -2.33. The third kappa shape index (κ3) is 42.5. The van der Waals surface area contributed by atoms with E-state index in [0.29, 0.717) is 50.2 Å². The summed E-state index contributed by atoms with van der Waals surface area (Å²) < 4.78 is 11.9. The van der Waals surface area contributed by atoms with Gasteiger partial charge in [0.05, 0.1) is 13.2 Å². The standard InChI is InChI=1S/C60H117NO5/c1-7-13-19-24-27-28-31-42-52-61(58(62)49-18-12-6)57(47-38-32-40-50-59(63)65-53-55(43-34-22-16-10-4)45-36-29-25-20-14-8-2)48-39-33-41-51-60(64)66-54-56(44-35-23-17-11-5)46-37-30-26-21-15-9-3/h55-57H,7-54H2,1-6H3. The Kier molecular flexibility index (Phi) is 50.0. The summed E-state index contributed by atoms with van der Waals surface area (Å²) in [6, 6.07) is 0.226. The van der Waals surface area contributed by atoms with E-state index in [1.165, 1.54) is 199 Å². The quantitative estimate of drug-likeness (QED) is 0.0449. The molecule has 0 aliphatic rings. The van der Waals surface area contributed by atoms with E-state index < -0.39 is 0 Å². The van der Waals surface area contributed by atoms with Crippen LogP contribution in [0.25, 0.3) is 0 Å². The zero-order valence-electron chi connectivity index (χ0n) is 45.7. The Bertz CT molecular complexity index is 974. The Morgan fingerprint density at radius 1 is 0.318 bits per heavy atom. The molecule has 6 nitrogen and oxygen atoms in total. The highest BCUT2D eigenvalue weighted by atomic mass is 16.5. The van der Waals surface area contributed by atoms with Gasteiger partial charge >= 0.3 is 11.9 Å². The van der Waals surface area contributed by atoms with E-state index in [9.17, 15) is 14.4 Å². The largest absolute Gasteiger partial charge is 0.465 e. The molecule has 0 fully saturated rings. The molecule has 2 unspecified atom stereocenters. The molecule has 0 rings (SSSR count).